The minimum Gasteiger partial charge on any atom is -0.386 e. The van der Waals surface area contributed by atoms with Crippen molar-refractivity contribution in [2.24, 2.45) is 17.1 Å². The predicted molar refractivity (Wildman–Crippen MR) is 75.4 cm³/mol. The van der Waals surface area contributed by atoms with Crippen molar-refractivity contribution in [1.82, 2.24) is 4.98 Å². The number of aromatic nitrogens is 1. The summed E-state index contributed by atoms with van der Waals surface area (Å²) >= 11 is 1.54. The summed E-state index contributed by atoms with van der Waals surface area (Å²) in [5.41, 5.74) is 8.43. The molecule has 0 spiro atoms. The van der Waals surface area contributed by atoms with Crippen LogP contribution < -0.4 is 5.73 Å². The SMILES string of the molecule is CCCC1CCC(CN)(C(O)c2cscn2)CC1. The molecule has 0 saturated heterocycles. The lowest BCUT2D eigenvalue weighted by Crippen LogP contribution is -2.40. The second-order valence-corrected chi connectivity index (χ2v) is 6.33. The molecule has 0 aromatic carbocycles. The number of rotatable bonds is 5. The molecule has 3 N–H and O–H groups in total. The average Bonchev–Trinajstić information content (AvgIpc) is 2.93. The molecule has 102 valence electrons. The molecule has 0 bridgehead atoms. The molecule has 1 aromatic heterocycles. The van der Waals surface area contributed by atoms with Crippen LogP contribution in [0.25, 0.3) is 0 Å². The van der Waals surface area contributed by atoms with Crippen molar-refractivity contribution in [2.45, 2.75) is 51.6 Å². The number of hydrogen-bond acceptors (Lipinski definition) is 4. The lowest BCUT2D eigenvalue weighted by atomic mass is 9.66. The Labute approximate surface area is 113 Å². The number of aliphatic hydroxyl groups excluding tert-OH is 1. The quantitative estimate of drug-likeness (QED) is 0.862. The van der Waals surface area contributed by atoms with Gasteiger partial charge < -0.3 is 10.8 Å². The van der Waals surface area contributed by atoms with Crippen LogP contribution in [-0.4, -0.2) is 16.6 Å². The number of nitrogens with two attached hydrogens (primary N) is 1. The zero-order valence-corrected chi connectivity index (χ0v) is 12.0. The highest BCUT2D eigenvalue weighted by Gasteiger charge is 2.41. The molecule has 18 heavy (non-hydrogen) atoms. The van der Waals surface area contributed by atoms with Crippen LogP contribution in [0.1, 0.15) is 57.2 Å². The maximum absolute atomic E-state index is 10.6. The van der Waals surface area contributed by atoms with Gasteiger partial charge in [0.15, 0.2) is 0 Å². The van der Waals surface area contributed by atoms with Gasteiger partial charge in [-0.2, -0.15) is 0 Å². The van der Waals surface area contributed by atoms with Crippen molar-refractivity contribution in [3.8, 4) is 0 Å². The van der Waals surface area contributed by atoms with Crippen LogP contribution in [0, 0.1) is 11.3 Å². The largest absolute Gasteiger partial charge is 0.386 e. The van der Waals surface area contributed by atoms with Crippen molar-refractivity contribution in [3.63, 3.8) is 0 Å². The zero-order chi connectivity index (χ0) is 13.0. The van der Waals surface area contributed by atoms with Gasteiger partial charge in [-0.15, -0.1) is 11.3 Å². The first kappa shape index (κ1) is 14.0. The first-order valence-corrected chi connectivity index (χ1v) is 7.92. The zero-order valence-electron chi connectivity index (χ0n) is 11.1. The second-order valence-electron chi connectivity index (χ2n) is 5.61. The van der Waals surface area contributed by atoms with Crippen molar-refractivity contribution in [2.75, 3.05) is 6.54 Å². The molecule has 1 saturated carbocycles. The van der Waals surface area contributed by atoms with E-state index in [1.54, 1.807) is 5.51 Å². The maximum atomic E-state index is 10.6. The molecule has 1 atom stereocenters. The summed E-state index contributed by atoms with van der Waals surface area (Å²) in [5.74, 6) is 0.831. The van der Waals surface area contributed by atoms with E-state index in [0.717, 1.165) is 24.5 Å². The summed E-state index contributed by atoms with van der Waals surface area (Å²) in [5, 5.41) is 12.5. The number of aliphatic hydroxyl groups is 1. The fourth-order valence-corrected chi connectivity index (χ4v) is 3.78. The highest BCUT2D eigenvalue weighted by Crippen LogP contribution is 2.47. The summed E-state index contributed by atoms with van der Waals surface area (Å²) in [7, 11) is 0. The summed E-state index contributed by atoms with van der Waals surface area (Å²) in [6.07, 6.45) is 6.55. The Balaban J connectivity index is 2.04. The molecule has 1 unspecified atom stereocenters. The summed E-state index contributed by atoms with van der Waals surface area (Å²) in [6.45, 7) is 2.81. The summed E-state index contributed by atoms with van der Waals surface area (Å²) in [6, 6.07) is 0. The predicted octanol–water partition coefficient (Wildman–Crippen LogP) is 3.11. The Kier molecular flexibility index (Phi) is 4.76. The maximum Gasteiger partial charge on any atom is 0.104 e. The molecule has 3 nitrogen and oxygen atoms in total. The molecule has 1 fully saturated rings. The molecule has 1 aliphatic carbocycles. The number of thiazole rings is 1. The van der Waals surface area contributed by atoms with Gasteiger partial charge in [0.2, 0.25) is 0 Å². The molecule has 1 aliphatic rings. The van der Waals surface area contributed by atoms with Gasteiger partial charge in [0.05, 0.1) is 11.2 Å². The van der Waals surface area contributed by atoms with E-state index in [1.165, 1.54) is 37.0 Å². The van der Waals surface area contributed by atoms with E-state index < -0.39 is 6.10 Å². The molecule has 0 radical (unpaired) electrons. The van der Waals surface area contributed by atoms with Crippen LogP contribution in [0.2, 0.25) is 0 Å². The van der Waals surface area contributed by atoms with Gasteiger partial charge >= 0.3 is 0 Å². The van der Waals surface area contributed by atoms with E-state index in [0.29, 0.717) is 6.54 Å². The Morgan fingerprint density at radius 2 is 2.28 bits per heavy atom. The van der Waals surface area contributed by atoms with Crippen LogP contribution in [0.4, 0.5) is 0 Å². The Morgan fingerprint density at radius 1 is 1.56 bits per heavy atom. The van der Waals surface area contributed by atoms with E-state index in [9.17, 15) is 5.11 Å². The molecule has 0 amide bonds. The Hall–Kier alpha value is -0.450. The Bertz CT molecular complexity index is 345. The first-order valence-electron chi connectivity index (χ1n) is 6.98. The number of nitrogens with zero attached hydrogens (tertiary/aromatic N) is 1. The van der Waals surface area contributed by atoms with Crippen molar-refractivity contribution >= 4 is 11.3 Å². The second kappa shape index (κ2) is 6.13. The smallest absolute Gasteiger partial charge is 0.104 e. The van der Waals surface area contributed by atoms with Crippen LogP contribution >= 0.6 is 11.3 Å². The molecule has 4 heteroatoms. The molecule has 1 aromatic rings. The summed E-state index contributed by atoms with van der Waals surface area (Å²) < 4.78 is 0. The summed E-state index contributed by atoms with van der Waals surface area (Å²) in [4.78, 5) is 4.25. The minimum absolute atomic E-state index is 0.141. The van der Waals surface area contributed by atoms with E-state index in [1.807, 2.05) is 5.38 Å². The third-order valence-electron chi connectivity index (χ3n) is 4.52. The van der Waals surface area contributed by atoms with Gasteiger partial charge in [-0.1, -0.05) is 19.8 Å². The van der Waals surface area contributed by atoms with Gasteiger partial charge in [0, 0.05) is 17.3 Å². The Morgan fingerprint density at radius 3 is 2.78 bits per heavy atom. The van der Waals surface area contributed by atoms with Gasteiger partial charge in [0.1, 0.15) is 6.10 Å². The van der Waals surface area contributed by atoms with Crippen LogP contribution in [-0.2, 0) is 0 Å². The van der Waals surface area contributed by atoms with Crippen LogP contribution in [0.15, 0.2) is 10.9 Å². The van der Waals surface area contributed by atoms with Crippen LogP contribution in [0.5, 0.6) is 0 Å². The van der Waals surface area contributed by atoms with Gasteiger partial charge in [-0.3, -0.25) is 0 Å². The van der Waals surface area contributed by atoms with Gasteiger partial charge in [0.25, 0.3) is 0 Å². The molecular weight excluding hydrogens is 244 g/mol. The highest BCUT2D eigenvalue weighted by atomic mass is 32.1. The van der Waals surface area contributed by atoms with E-state index in [4.69, 9.17) is 5.73 Å². The monoisotopic (exact) mass is 268 g/mol. The van der Waals surface area contributed by atoms with Gasteiger partial charge in [-0.25, -0.2) is 4.98 Å². The molecule has 1 heterocycles. The van der Waals surface area contributed by atoms with Crippen molar-refractivity contribution in [1.29, 1.82) is 0 Å². The fraction of sp³-hybridized carbons (Fsp3) is 0.786. The lowest BCUT2D eigenvalue weighted by Gasteiger charge is -2.42. The number of hydrogen-bond donors (Lipinski definition) is 2. The van der Waals surface area contributed by atoms with Gasteiger partial charge in [-0.05, 0) is 31.6 Å². The fourth-order valence-electron chi connectivity index (χ4n) is 3.21. The molecule has 0 aliphatic heterocycles. The minimum atomic E-state index is -0.490. The van der Waals surface area contributed by atoms with E-state index in [-0.39, 0.29) is 5.41 Å². The molecular formula is C14H24N2OS. The van der Waals surface area contributed by atoms with E-state index >= 15 is 0 Å². The van der Waals surface area contributed by atoms with Crippen molar-refractivity contribution in [3.05, 3.63) is 16.6 Å². The molecule has 2 rings (SSSR count). The van der Waals surface area contributed by atoms with E-state index in [2.05, 4.69) is 11.9 Å². The van der Waals surface area contributed by atoms with Crippen LogP contribution in [0.3, 0.4) is 0 Å². The van der Waals surface area contributed by atoms with Crippen molar-refractivity contribution < 1.29 is 5.11 Å². The highest BCUT2D eigenvalue weighted by molar-refractivity contribution is 7.07. The third kappa shape index (κ3) is 2.76. The first-order chi connectivity index (χ1) is 8.72. The standard InChI is InChI=1S/C14H24N2OS/c1-2-3-11-4-6-14(9-15,7-5-11)13(17)12-8-18-10-16-12/h8,10-11,13,17H,2-7,9,15H2,1H3. The lowest BCUT2D eigenvalue weighted by molar-refractivity contribution is -0.0130. The topological polar surface area (TPSA) is 59.1 Å². The third-order valence-corrected chi connectivity index (χ3v) is 5.12. The average molecular weight is 268 g/mol. The normalized spacial score (nSPS) is 30.3.